The van der Waals surface area contributed by atoms with Gasteiger partial charge >= 0.3 is 0 Å². The van der Waals surface area contributed by atoms with Crippen molar-refractivity contribution in [1.82, 2.24) is 4.98 Å². The standard InChI is InChI=1S/C11H12N2OS/c1-14-10-4-9(5-13-6-10)11(12)8-2-3-15-7-8/h2-7,11H,12H2,1H3. The van der Waals surface area contributed by atoms with Crippen molar-refractivity contribution in [2.75, 3.05) is 7.11 Å². The highest BCUT2D eigenvalue weighted by atomic mass is 32.1. The van der Waals surface area contributed by atoms with Crippen molar-refractivity contribution in [3.63, 3.8) is 0 Å². The van der Waals surface area contributed by atoms with Gasteiger partial charge in [-0.05, 0) is 34.0 Å². The molecule has 0 amide bonds. The predicted octanol–water partition coefficient (Wildman–Crippen LogP) is 2.20. The van der Waals surface area contributed by atoms with Crippen LogP contribution in [-0.2, 0) is 0 Å². The molecule has 78 valence electrons. The average Bonchev–Trinajstić information content (AvgIpc) is 2.81. The number of nitrogens with two attached hydrogens (primary N) is 1. The van der Waals surface area contributed by atoms with Gasteiger partial charge in [0, 0.05) is 6.20 Å². The van der Waals surface area contributed by atoms with Crippen LogP contribution in [0.15, 0.2) is 35.3 Å². The number of hydrogen-bond donors (Lipinski definition) is 1. The van der Waals surface area contributed by atoms with E-state index in [4.69, 9.17) is 10.5 Å². The first-order chi connectivity index (χ1) is 7.31. The Morgan fingerprint density at radius 1 is 1.40 bits per heavy atom. The Bertz CT molecular complexity index is 428. The molecule has 2 heterocycles. The number of thiophene rings is 1. The largest absolute Gasteiger partial charge is 0.495 e. The van der Waals surface area contributed by atoms with E-state index in [1.165, 1.54) is 0 Å². The van der Waals surface area contributed by atoms with Crippen LogP contribution in [-0.4, -0.2) is 12.1 Å². The van der Waals surface area contributed by atoms with Crippen molar-refractivity contribution in [2.45, 2.75) is 6.04 Å². The van der Waals surface area contributed by atoms with Gasteiger partial charge in [-0.3, -0.25) is 4.98 Å². The van der Waals surface area contributed by atoms with Gasteiger partial charge in [0.2, 0.25) is 0 Å². The molecule has 0 aliphatic heterocycles. The Kier molecular flexibility index (Phi) is 2.99. The van der Waals surface area contributed by atoms with Crippen LogP contribution in [0, 0.1) is 0 Å². The summed E-state index contributed by atoms with van der Waals surface area (Å²) in [6, 6.07) is 3.81. The van der Waals surface area contributed by atoms with E-state index in [-0.39, 0.29) is 6.04 Å². The smallest absolute Gasteiger partial charge is 0.137 e. The molecule has 2 rings (SSSR count). The summed E-state index contributed by atoms with van der Waals surface area (Å²) in [7, 11) is 1.62. The first kappa shape index (κ1) is 10.1. The average molecular weight is 220 g/mol. The molecule has 0 bridgehead atoms. The molecule has 0 fully saturated rings. The van der Waals surface area contributed by atoms with E-state index < -0.39 is 0 Å². The zero-order chi connectivity index (χ0) is 10.7. The molecule has 1 atom stereocenters. The topological polar surface area (TPSA) is 48.1 Å². The van der Waals surface area contributed by atoms with Gasteiger partial charge in [-0.2, -0.15) is 11.3 Å². The van der Waals surface area contributed by atoms with Crippen LogP contribution in [0.3, 0.4) is 0 Å². The van der Waals surface area contributed by atoms with Gasteiger partial charge < -0.3 is 10.5 Å². The molecule has 0 aliphatic carbocycles. The summed E-state index contributed by atoms with van der Waals surface area (Å²) in [5.74, 6) is 0.734. The highest BCUT2D eigenvalue weighted by Gasteiger charge is 2.10. The summed E-state index contributed by atoms with van der Waals surface area (Å²) in [6.07, 6.45) is 3.44. The molecule has 2 N–H and O–H groups in total. The van der Waals surface area contributed by atoms with Gasteiger partial charge in [-0.15, -0.1) is 0 Å². The summed E-state index contributed by atoms with van der Waals surface area (Å²) in [5.41, 5.74) is 8.17. The SMILES string of the molecule is COc1cncc(C(N)c2ccsc2)c1. The summed E-state index contributed by atoms with van der Waals surface area (Å²) in [6.45, 7) is 0. The Balaban J connectivity index is 2.29. The third-order valence-corrected chi connectivity index (χ3v) is 2.93. The van der Waals surface area contributed by atoms with Crippen molar-refractivity contribution in [3.05, 3.63) is 46.4 Å². The molecule has 3 nitrogen and oxygen atoms in total. The Labute approximate surface area is 92.5 Å². The van der Waals surface area contributed by atoms with Crippen LogP contribution < -0.4 is 10.5 Å². The minimum atomic E-state index is -0.126. The van der Waals surface area contributed by atoms with E-state index in [9.17, 15) is 0 Å². The van der Waals surface area contributed by atoms with Gasteiger partial charge in [0.1, 0.15) is 5.75 Å². The fraction of sp³-hybridized carbons (Fsp3) is 0.182. The molecule has 0 aromatic carbocycles. The lowest BCUT2D eigenvalue weighted by Crippen LogP contribution is -2.11. The fourth-order valence-corrected chi connectivity index (χ4v) is 2.06. The van der Waals surface area contributed by atoms with E-state index in [2.05, 4.69) is 4.98 Å². The van der Waals surface area contributed by atoms with Crippen LogP contribution in [0.4, 0.5) is 0 Å². The second-order valence-corrected chi connectivity index (χ2v) is 3.97. The number of pyridine rings is 1. The van der Waals surface area contributed by atoms with E-state index in [0.29, 0.717) is 0 Å². The minimum absolute atomic E-state index is 0.126. The van der Waals surface area contributed by atoms with Gasteiger partial charge in [0.05, 0.1) is 19.3 Å². The molecule has 0 radical (unpaired) electrons. The lowest BCUT2D eigenvalue weighted by Gasteiger charge is -2.10. The molecule has 0 aliphatic rings. The maximum absolute atomic E-state index is 6.10. The third-order valence-electron chi connectivity index (χ3n) is 2.23. The van der Waals surface area contributed by atoms with Crippen LogP contribution >= 0.6 is 11.3 Å². The summed E-state index contributed by atoms with van der Waals surface area (Å²) in [5, 5.41) is 4.06. The fourth-order valence-electron chi connectivity index (χ4n) is 1.36. The number of methoxy groups -OCH3 is 1. The molecule has 15 heavy (non-hydrogen) atoms. The number of nitrogens with zero attached hydrogens (tertiary/aromatic N) is 1. The van der Waals surface area contributed by atoms with Crippen LogP contribution in [0.5, 0.6) is 5.75 Å². The van der Waals surface area contributed by atoms with Crippen molar-refractivity contribution in [1.29, 1.82) is 0 Å². The maximum atomic E-state index is 6.10. The molecule has 0 spiro atoms. The Hall–Kier alpha value is -1.39. The Morgan fingerprint density at radius 2 is 2.27 bits per heavy atom. The molecule has 4 heteroatoms. The van der Waals surface area contributed by atoms with E-state index in [1.54, 1.807) is 30.8 Å². The number of hydrogen-bond acceptors (Lipinski definition) is 4. The Morgan fingerprint density at radius 3 is 2.93 bits per heavy atom. The highest BCUT2D eigenvalue weighted by Crippen LogP contribution is 2.23. The number of ether oxygens (including phenoxy) is 1. The maximum Gasteiger partial charge on any atom is 0.137 e. The molecular formula is C11H12N2OS. The van der Waals surface area contributed by atoms with Gasteiger partial charge in [-0.1, -0.05) is 0 Å². The lowest BCUT2D eigenvalue weighted by atomic mass is 10.0. The number of rotatable bonds is 3. The monoisotopic (exact) mass is 220 g/mol. The number of aromatic nitrogens is 1. The van der Waals surface area contributed by atoms with Gasteiger partial charge in [0.25, 0.3) is 0 Å². The quantitative estimate of drug-likeness (QED) is 0.862. The summed E-state index contributed by atoms with van der Waals surface area (Å²) in [4.78, 5) is 4.08. The molecular weight excluding hydrogens is 208 g/mol. The molecule has 0 saturated carbocycles. The molecule has 2 aromatic heterocycles. The first-order valence-corrected chi connectivity index (χ1v) is 5.52. The van der Waals surface area contributed by atoms with Crippen molar-refractivity contribution >= 4 is 11.3 Å². The van der Waals surface area contributed by atoms with Crippen molar-refractivity contribution < 1.29 is 4.74 Å². The van der Waals surface area contributed by atoms with Crippen LogP contribution in [0.25, 0.3) is 0 Å². The van der Waals surface area contributed by atoms with Gasteiger partial charge in [-0.25, -0.2) is 0 Å². The summed E-state index contributed by atoms with van der Waals surface area (Å²) < 4.78 is 5.11. The van der Waals surface area contributed by atoms with Crippen LogP contribution in [0.1, 0.15) is 17.2 Å². The van der Waals surface area contributed by atoms with E-state index >= 15 is 0 Å². The highest BCUT2D eigenvalue weighted by molar-refractivity contribution is 7.08. The minimum Gasteiger partial charge on any atom is -0.495 e. The summed E-state index contributed by atoms with van der Waals surface area (Å²) >= 11 is 1.64. The lowest BCUT2D eigenvalue weighted by molar-refractivity contribution is 0.412. The third kappa shape index (κ3) is 2.16. The second-order valence-electron chi connectivity index (χ2n) is 3.19. The second kappa shape index (κ2) is 4.42. The molecule has 0 saturated heterocycles. The van der Waals surface area contributed by atoms with Crippen molar-refractivity contribution in [3.8, 4) is 5.75 Å². The van der Waals surface area contributed by atoms with Gasteiger partial charge in [0.15, 0.2) is 0 Å². The van der Waals surface area contributed by atoms with E-state index in [0.717, 1.165) is 16.9 Å². The normalized spacial score (nSPS) is 12.4. The van der Waals surface area contributed by atoms with Crippen molar-refractivity contribution in [2.24, 2.45) is 5.73 Å². The van der Waals surface area contributed by atoms with E-state index in [1.807, 2.05) is 22.9 Å². The zero-order valence-corrected chi connectivity index (χ0v) is 9.20. The zero-order valence-electron chi connectivity index (χ0n) is 8.38. The van der Waals surface area contributed by atoms with Crippen LogP contribution in [0.2, 0.25) is 0 Å². The molecule has 1 unspecified atom stereocenters. The molecule has 2 aromatic rings. The first-order valence-electron chi connectivity index (χ1n) is 4.58. The predicted molar refractivity (Wildman–Crippen MR) is 61.1 cm³/mol.